The number of aliphatic carboxylic acids is 1. The summed E-state index contributed by atoms with van der Waals surface area (Å²) in [7, 11) is 0. The normalized spacial score (nSPS) is 23.3. The Morgan fingerprint density at radius 1 is 1.47 bits per heavy atom. The minimum absolute atomic E-state index is 0.0220. The summed E-state index contributed by atoms with van der Waals surface area (Å²) in [6.07, 6.45) is 2.11. The maximum atomic E-state index is 11.0. The molecule has 0 amide bonds. The summed E-state index contributed by atoms with van der Waals surface area (Å²) in [6, 6.07) is 3.52. The third kappa shape index (κ3) is 1.69. The summed E-state index contributed by atoms with van der Waals surface area (Å²) in [5.74, 6) is -0.807. The topological polar surface area (TPSA) is 49.3 Å². The molecule has 2 aliphatic rings. The van der Waals surface area contributed by atoms with Crippen molar-refractivity contribution in [1.29, 1.82) is 0 Å². The molecule has 3 rings (SSSR count). The maximum Gasteiger partial charge on any atom is 0.304 e. The van der Waals surface area contributed by atoms with Gasteiger partial charge in [-0.1, -0.05) is 23.2 Å². The Morgan fingerprint density at radius 3 is 2.76 bits per heavy atom. The van der Waals surface area contributed by atoms with E-state index in [-0.39, 0.29) is 17.9 Å². The van der Waals surface area contributed by atoms with Crippen molar-refractivity contribution in [3.8, 4) is 0 Å². The largest absolute Gasteiger partial charge is 0.481 e. The van der Waals surface area contributed by atoms with Crippen molar-refractivity contribution in [1.82, 2.24) is 0 Å². The maximum absolute atomic E-state index is 11.0. The summed E-state index contributed by atoms with van der Waals surface area (Å²) >= 11 is 12.1. The monoisotopic (exact) mass is 271 g/mol. The highest BCUT2D eigenvalue weighted by molar-refractivity contribution is 6.36. The molecule has 90 valence electrons. The number of hydrogen-bond donors (Lipinski definition) is 2. The molecule has 1 aliphatic carbocycles. The Bertz CT molecular complexity index is 511. The van der Waals surface area contributed by atoms with Crippen LogP contribution in [0.15, 0.2) is 12.1 Å². The Labute approximate surface area is 109 Å². The zero-order chi connectivity index (χ0) is 12.2. The van der Waals surface area contributed by atoms with Crippen LogP contribution in [0, 0.1) is 0 Å². The number of carbonyl (C=O) groups is 1. The molecule has 5 heteroatoms. The molecular weight excluding hydrogens is 261 g/mol. The van der Waals surface area contributed by atoms with E-state index in [1.807, 2.05) is 6.07 Å². The van der Waals surface area contributed by atoms with Crippen LogP contribution in [0.25, 0.3) is 0 Å². The first-order valence-electron chi connectivity index (χ1n) is 5.51. The lowest BCUT2D eigenvalue weighted by atomic mass is 9.90. The molecule has 1 atom stereocenters. The number of hydrogen-bond acceptors (Lipinski definition) is 2. The van der Waals surface area contributed by atoms with Crippen molar-refractivity contribution >= 4 is 34.9 Å². The number of fused-ring (bicyclic) bond motifs is 1. The van der Waals surface area contributed by atoms with Gasteiger partial charge in [0.1, 0.15) is 0 Å². The van der Waals surface area contributed by atoms with Crippen molar-refractivity contribution in [2.24, 2.45) is 0 Å². The van der Waals surface area contributed by atoms with Crippen LogP contribution in [0.2, 0.25) is 10.0 Å². The third-order valence-electron chi connectivity index (χ3n) is 3.67. The second-order valence-electron chi connectivity index (χ2n) is 4.78. The molecule has 1 spiro atoms. The van der Waals surface area contributed by atoms with Crippen molar-refractivity contribution in [3.63, 3.8) is 0 Å². The molecule has 3 nitrogen and oxygen atoms in total. The molecule has 0 saturated heterocycles. The molecular formula is C12H11Cl2NO2. The van der Waals surface area contributed by atoms with Gasteiger partial charge in [-0.2, -0.15) is 0 Å². The highest BCUT2D eigenvalue weighted by Gasteiger charge is 2.55. The van der Waals surface area contributed by atoms with E-state index in [0.29, 0.717) is 10.0 Å². The molecule has 1 aromatic rings. The number of carboxylic acids is 1. The summed E-state index contributed by atoms with van der Waals surface area (Å²) in [6.45, 7) is 0. The van der Waals surface area contributed by atoms with E-state index >= 15 is 0 Å². The Kier molecular flexibility index (Phi) is 2.32. The SMILES string of the molecule is O=C(O)CC1c2cc(Cl)cc(Cl)c2NC12CC2. The summed E-state index contributed by atoms with van der Waals surface area (Å²) in [5.41, 5.74) is 1.72. The van der Waals surface area contributed by atoms with E-state index in [0.717, 1.165) is 24.1 Å². The van der Waals surface area contributed by atoms with Crippen LogP contribution in [-0.4, -0.2) is 16.6 Å². The fraction of sp³-hybridized carbons (Fsp3) is 0.417. The zero-order valence-corrected chi connectivity index (χ0v) is 10.5. The molecule has 0 bridgehead atoms. The molecule has 1 heterocycles. The van der Waals surface area contributed by atoms with E-state index in [1.54, 1.807) is 6.07 Å². The number of carboxylic acid groups (broad SMARTS) is 1. The van der Waals surface area contributed by atoms with E-state index in [4.69, 9.17) is 28.3 Å². The van der Waals surface area contributed by atoms with Gasteiger partial charge < -0.3 is 10.4 Å². The highest BCUT2D eigenvalue weighted by atomic mass is 35.5. The van der Waals surface area contributed by atoms with Crippen LogP contribution in [0.4, 0.5) is 5.69 Å². The summed E-state index contributed by atoms with van der Waals surface area (Å²) in [5, 5.41) is 13.5. The van der Waals surface area contributed by atoms with Gasteiger partial charge >= 0.3 is 5.97 Å². The predicted molar refractivity (Wildman–Crippen MR) is 67.0 cm³/mol. The number of halogens is 2. The Hall–Kier alpha value is -0.930. The lowest BCUT2D eigenvalue weighted by Crippen LogP contribution is -2.24. The van der Waals surface area contributed by atoms with Crippen LogP contribution >= 0.6 is 23.2 Å². The Morgan fingerprint density at radius 2 is 2.18 bits per heavy atom. The van der Waals surface area contributed by atoms with Crippen LogP contribution in [0.5, 0.6) is 0 Å². The average molecular weight is 272 g/mol. The van der Waals surface area contributed by atoms with Crippen molar-refractivity contribution in [3.05, 3.63) is 27.7 Å². The second kappa shape index (κ2) is 3.53. The first kappa shape index (κ1) is 11.2. The van der Waals surface area contributed by atoms with Gasteiger partial charge in [0.25, 0.3) is 0 Å². The zero-order valence-electron chi connectivity index (χ0n) is 8.96. The van der Waals surface area contributed by atoms with Crippen molar-refractivity contribution in [2.45, 2.75) is 30.7 Å². The highest BCUT2D eigenvalue weighted by Crippen LogP contribution is 2.59. The first-order valence-corrected chi connectivity index (χ1v) is 6.26. The van der Waals surface area contributed by atoms with Gasteiger partial charge in [0.2, 0.25) is 0 Å². The van der Waals surface area contributed by atoms with Gasteiger partial charge in [-0.25, -0.2) is 0 Å². The fourth-order valence-electron chi connectivity index (χ4n) is 2.72. The first-order chi connectivity index (χ1) is 8.02. The van der Waals surface area contributed by atoms with Gasteiger partial charge in [0, 0.05) is 16.5 Å². The third-order valence-corrected chi connectivity index (χ3v) is 4.19. The number of nitrogens with one attached hydrogen (secondary N) is 1. The van der Waals surface area contributed by atoms with Crippen LogP contribution in [-0.2, 0) is 4.79 Å². The molecule has 1 unspecified atom stereocenters. The van der Waals surface area contributed by atoms with E-state index in [2.05, 4.69) is 5.32 Å². The number of benzene rings is 1. The summed E-state index contributed by atoms with van der Waals surface area (Å²) in [4.78, 5) is 11.0. The molecule has 1 fully saturated rings. The molecule has 17 heavy (non-hydrogen) atoms. The number of anilines is 1. The number of rotatable bonds is 2. The molecule has 0 aromatic heterocycles. The van der Waals surface area contributed by atoms with E-state index in [1.165, 1.54) is 0 Å². The molecule has 1 aliphatic heterocycles. The molecule has 1 aromatic carbocycles. The lowest BCUT2D eigenvalue weighted by Gasteiger charge is -2.17. The van der Waals surface area contributed by atoms with Crippen molar-refractivity contribution < 1.29 is 9.90 Å². The minimum atomic E-state index is -0.785. The lowest BCUT2D eigenvalue weighted by molar-refractivity contribution is -0.137. The van der Waals surface area contributed by atoms with Crippen LogP contribution < -0.4 is 5.32 Å². The molecule has 0 radical (unpaired) electrons. The average Bonchev–Trinajstić information content (AvgIpc) is 2.92. The van der Waals surface area contributed by atoms with E-state index in [9.17, 15) is 4.79 Å². The van der Waals surface area contributed by atoms with Crippen molar-refractivity contribution in [2.75, 3.05) is 5.32 Å². The quantitative estimate of drug-likeness (QED) is 0.866. The minimum Gasteiger partial charge on any atom is -0.481 e. The fourth-order valence-corrected chi connectivity index (χ4v) is 3.28. The van der Waals surface area contributed by atoms with Crippen LogP contribution in [0.3, 0.4) is 0 Å². The second-order valence-corrected chi connectivity index (χ2v) is 5.63. The standard InChI is InChI=1S/C12H11Cl2NO2/c13-6-3-7-8(5-10(16)17)12(1-2-12)15-11(7)9(14)4-6/h3-4,8,15H,1-2,5H2,(H,16,17). The summed E-state index contributed by atoms with van der Waals surface area (Å²) < 4.78 is 0. The van der Waals surface area contributed by atoms with Gasteiger partial charge in [0.15, 0.2) is 0 Å². The van der Waals surface area contributed by atoms with Crippen LogP contribution in [0.1, 0.15) is 30.7 Å². The van der Waals surface area contributed by atoms with Gasteiger partial charge in [-0.3, -0.25) is 4.79 Å². The Balaban J connectivity index is 2.08. The van der Waals surface area contributed by atoms with E-state index < -0.39 is 5.97 Å². The molecule has 1 saturated carbocycles. The van der Waals surface area contributed by atoms with Gasteiger partial charge in [-0.15, -0.1) is 0 Å². The van der Waals surface area contributed by atoms with Gasteiger partial charge in [-0.05, 0) is 30.5 Å². The predicted octanol–water partition coefficient (Wildman–Crippen LogP) is 3.51. The smallest absolute Gasteiger partial charge is 0.304 e. The van der Waals surface area contributed by atoms with Gasteiger partial charge in [0.05, 0.1) is 17.1 Å². The molecule has 2 N–H and O–H groups in total.